The van der Waals surface area contributed by atoms with Crippen LogP contribution >= 0.6 is 0 Å². The highest BCUT2D eigenvalue weighted by atomic mass is 16.5. The molecule has 7 nitrogen and oxygen atoms in total. The first-order valence-electron chi connectivity index (χ1n) is 10.2. The van der Waals surface area contributed by atoms with Crippen LogP contribution in [0.1, 0.15) is 38.5 Å². The Labute approximate surface area is 161 Å². The van der Waals surface area contributed by atoms with Crippen molar-refractivity contribution in [3.05, 3.63) is 12.3 Å². The van der Waals surface area contributed by atoms with Crippen LogP contribution < -0.4 is 9.80 Å². The predicted octanol–water partition coefficient (Wildman–Crippen LogP) is 1.93. The van der Waals surface area contributed by atoms with Gasteiger partial charge in [-0.3, -0.25) is 4.79 Å². The summed E-state index contributed by atoms with van der Waals surface area (Å²) in [5.74, 6) is 2.06. The Balaban J connectivity index is 1.38. The maximum absolute atomic E-state index is 12.4. The van der Waals surface area contributed by atoms with Crippen LogP contribution in [0.15, 0.2) is 12.3 Å². The number of amides is 1. The molecule has 4 rings (SSSR count). The Morgan fingerprint density at radius 2 is 2.11 bits per heavy atom. The van der Waals surface area contributed by atoms with E-state index < -0.39 is 0 Å². The van der Waals surface area contributed by atoms with E-state index in [9.17, 15) is 4.79 Å². The molecule has 0 aliphatic carbocycles. The fraction of sp³-hybridized carbons (Fsp3) is 0.750. The molecule has 3 aliphatic heterocycles. The quantitative estimate of drug-likeness (QED) is 0.804. The first kappa shape index (κ1) is 18.5. The largest absolute Gasteiger partial charge is 0.376 e. The van der Waals surface area contributed by atoms with E-state index in [0.717, 1.165) is 76.7 Å². The van der Waals surface area contributed by atoms with E-state index in [1.54, 1.807) is 0 Å². The Hall–Kier alpha value is -1.89. The molecule has 0 radical (unpaired) electrons. The molecular formula is C20H31N5O2. The number of rotatable bonds is 4. The number of hydrogen-bond donors (Lipinski definition) is 0. The summed E-state index contributed by atoms with van der Waals surface area (Å²) in [6.07, 6.45) is 8.18. The van der Waals surface area contributed by atoms with Crippen LogP contribution in [-0.4, -0.2) is 73.8 Å². The van der Waals surface area contributed by atoms with Crippen LogP contribution in [0.25, 0.3) is 0 Å². The van der Waals surface area contributed by atoms with Crippen molar-refractivity contribution in [2.45, 2.75) is 44.6 Å². The average molecular weight is 374 g/mol. The molecule has 3 aliphatic rings. The second-order valence-electron chi connectivity index (χ2n) is 8.51. The van der Waals surface area contributed by atoms with Gasteiger partial charge in [0.25, 0.3) is 0 Å². The van der Waals surface area contributed by atoms with Crippen LogP contribution in [0.5, 0.6) is 0 Å². The number of aromatic nitrogens is 2. The van der Waals surface area contributed by atoms with E-state index in [-0.39, 0.29) is 11.5 Å². The van der Waals surface area contributed by atoms with Gasteiger partial charge in [-0.1, -0.05) is 0 Å². The topological polar surface area (TPSA) is 61.8 Å². The number of nitrogens with zero attached hydrogens (tertiary/aromatic N) is 5. The van der Waals surface area contributed by atoms with Gasteiger partial charge in [0.15, 0.2) is 0 Å². The van der Waals surface area contributed by atoms with Crippen LogP contribution in [0.2, 0.25) is 0 Å². The maximum atomic E-state index is 12.4. The molecule has 1 aromatic heterocycles. The van der Waals surface area contributed by atoms with Crippen molar-refractivity contribution in [1.29, 1.82) is 0 Å². The summed E-state index contributed by atoms with van der Waals surface area (Å²) < 4.78 is 5.76. The summed E-state index contributed by atoms with van der Waals surface area (Å²) in [7, 11) is 4.00. The smallest absolute Gasteiger partial charge is 0.227 e. The van der Waals surface area contributed by atoms with Crippen molar-refractivity contribution in [2.24, 2.45) is 5.41 Å². The maximum Gasteiger partial charge on any atom is 0.227 e. The number of anilines is 2. The van der Waals surface area contributed by atoms with Crippen molar-refractivity contribution in [1.82, 2.24) is 14.9 Å². The van der Waals surface area contributed by atoms with Gasteiger partial charge in [-0.25, -0.2) is 4.98 Å². The van der Waals surface area contributed by atoms with Gasteiger partial charge >= 0.3 is 0 Å². The lowest BCUT2D eigenvalue weighted by Gasteiger charge is -2.47. The van der Waals surface area contributed by atoms with Gasteiger partial charge in [-0.05, 0) is 43.6 Å². The second-order valence-corrected chi connectivity index (χ2v) is 8.51. The van der Waals surface area contributed by atoms with Crippen LogP contribution in [0.3, 0.4) is 0 Å². The van der Waals surface area contributed by atoms with Crippen molar-refractivity contribution < 1.29 is 9.53 Å². The van der Waals surface area contributed by atoms with Crippen molar-refractivity contribution in [3.63, 3.8) is 0 Å². The highest BCUT2D eigenvalue weighted by Crippen LogP contribution is 2.41. The van der Waals surface area contributed by atoms with Crippen LogP contribution in [0, 0.1) is 5.41 Å². The minimum absolute atomic E-state index is 0.242. The van der Waals surface area contributed by atoms with Gasteiger partial charge in [0.1, 0.15) is 5.82 Å². The summed E-state index contributed by atoms with van der Waals surface area (Å²) in [5, 5.41) is 0. The molecule has 148 valence electrons. The number of carbonyl (C=O) groups is 1. The van der Waals surface area contributed by atoms with E-state index in [2.05, 4.69) is 19.8 Å². The normalized spacial score (nSPS) is 25.3. The monoisotopic (exact) mass is 373 g/mol. The summed E-state index contributed by atoms with van der Waals surface area (Å²) in [5.41, 5.74) is 0.252. The molecule has 1 spiro atoms. The Morgan fingerprint density at radius 1 is 1.30 bits per heavy atom. The number of likely N-dealkylation sites (tertiary alicyclic amines) is 1. The van der Waals surface area contributed by atoms with Gasteiger partial charge < -0.3 is 19.4 Å². The first-order chi connectivity index (χ1) is 13.0. The fourth-order valence-electron chi connectivity index (χ4n) is 4.63. The van der Waals surface area contributed by atoms with E-state index >= 15 is 0 Å². The molecule has 1 amide bonds. The molecule has 1 aromatic rings. The van der Waals surface area contributed by atoms with Gasteiger partial charge in [0, 0.05) is 59.5 Å². The van der Waals surface area contributed by atoms with Gasteiger partial charge in [0.2, 0.25) is 11.9 Å². The molecule has 1 unspecified atom stereocenters. The lowest BCUT2D eigenvalue weighted by Crippen LogP contribution is -2.53. The third kappa shape index (κ3) is 4.03. The zero-order chi connectivity index (χ0) is 18.9. The Kier molecular flexibility index (Phi) is 5.21. The molecule has 0 N–H and O–H groups in total. The average Bonchev–Trinajstić information content (AvgIpc) is 3.19. The van der Waals surface area contributed by atoms with Gasteiger partial charge in [0.05, 0.1) is 6.10 Å². The predicted molar refractivity (Wildman–Crippen MR) is 105 cm³/mol. The SMILES string of the molecule is CN(C)c1ccnc(N2CCC3(CCC(=O)N(CC4CCCO4)C3)CC2)n1. The molecule has 7 heteroatoms. The summed E-state index contributed by atoms with van der Waals surface area (Å²) in [4.78, 5) is 28.0. The molecule has 3 fully saturated rings. The van der Waals surface area contributed by atoms with Crippen molar-refractivity contribution in [2.75, 3.05) is 56.7 Å². The van der Waals surface area contributed by atoms with Gasteiger partial charge in [-0.15, -0.1) is 0 Å². The minimum atomic E-state index is 0.242. The molecule has 0 bridgehead atoms. The first-order valence-corrected chi connectivity index (χ1v) is 10.2. The highest BCUT2D eigenvalue weighted by molar-refractivity contribution is 5.77. The van der Waals surface area contributed by atoms with Crippen LogP contribution in [-0.2, 0) is 9.53 Å². The number of ether oxygens (including phenoxy) is 1. The van der Waals surface area contributed by atoms with Crippen molar-refractivity contribution in [3.8, 4) is 0 Å². The third-order valence-electron chi connectivity index (χ3n) is 6.39. The lowest BCUT2D eigenvalue weighted by molar-refractivity contribution is -0.140. The number of carbonyl (C=O) groups excluding carboxylic acids is 1. The number of piperidine rings is 2. The van der Waals surface area contributed by atoms with Gasteiger partial charge in [-0.2, -0.15) is 4.98 Å². The number of hydrogen-bond acceptors (Lipinski definition) is 6. The van der Waals surface area contributed by atoms with Crippen molar-refractivity contribution >= 4 is 17.7 Å². The molecule has 3 saturated heterocycles. The fourth-order valence-corrected chi connectivity index (χ4v) is 4.63. The molecular weight excluding hydrogens is 342 g/mol. The summed E-state index contributed by atoms with van der Waals surface area (Å²) in [6.45, 7) is 4.42. The summed E-state index contributed by atoms with van der Waals surface area (Å²) >= 11 is 0. The minimum Gasteiger partial charge on any atom is -0.376 e. The molecule has 0 aromatic carbocycles. The molecule has 0 saturated carbocycles. The Morgan fingerprint density at radius 3 is 2.81 bits per heavy atom. The van der Waals surface area contributed by atoms with E-state index in [0.29, 0.717) is 12.3 Å². The highest BCUT2D eigenvalue weighted by Gasteiger charge is 2.42. The van der Waals surface area contributed by atoms with Crippen LogP contribution in [0.4, 0.5) is 11.8 Å². The van der Waals surface area contributed by atoms with E-state index in [1.807, 2.05) is 31.3 Å². The standard InChI is InChI=1S/C20H31N5O2/c1-23(2)17-6-10-21-19(22-17)24-11-8-20(9-12-24)7-5-18(26)25(15-20)14-16-4-3-13-27-16/h6,10,16H,3-5,7-9,11-15H2,1-2H3. The molecule has 27 heavy (non-hydrogen) atoms. The Bertz CT molecular complexity index is 666. The summed E-state index contributed by atoms with van der Waals surface area (Å²) in [6, 6.07) is 1.94. The molecule has 1 atom stereocenters. The zero-order valence-electron chi connectivity index (χ0n) is 16.6. The lowest BCUT2D eigenvalue weighted by atomic mass is 9.72. The van der Waals surface area contributed by atoms with E-state index in [4.69, 9.17) is 4.74 Å². The van der Waals surface area contributed by atoms with E-state index in [1.165, 1.54) is 0 Å². The third-order valence-corrected chi connectivity index (χ3v) is 6.39. The molecule has 4 heterocycles. The zero-order valence-corrected chi connectivity index (χ0v) is 16.6. The second kappa shape index (κ2) is 7.62.